The number of hydrogen-bond acceptors (Lipinski definition) is 5. The van der Waals surface area contributed by atoms with Crippen molar-refractivity contribution < 1.29 is 4.92 Å². The van der Waals surface area contributed by atoms with E-state index in [1.807, 2.05) is 18.2 Å². The molecule has 0 fully saturated rings. The summed E-state index contributed by atoms with van der Waals surface area (Å²) in [5.41, 5.74) is 4.80. The summed E-state index contributed by atoms with van der Waals surface area (Å²) in [6.07, 6.45) is 3.75. The van der Waals surface area contributed by atoms with E-state index in [0.717, 1.165) is 20.8 Å². The van der Waals surface area contributed by atoms with Crippen LogP contribution in [0, 0.1) is 24.0 Å². The zero-order chi connectivity index (χ0) is 17.3. The first-order chi connectivity index (χ1) is 11.5. The van der Waals surface area contributed by atoms with Crippen molar-refractivity contribution in [2.24, 2.45) is 0 Å². The van der Waals surface area contributed by atoms with Crippen LogP contribution in [0.4, 0.5) is 11.4 Å². The van der Waals surface area contributed by atoms with Crippen LogP contribution in [0.3, 0.4) is 0 Å². The molecular weight excluding hydrogens is 322 g/mol. The standard InChI is InChI=1S/C18H17N3O2S/c1-11-8-15-17(9-12(11)2)24-18(20-15)7-5-13-4-6-14(19-3)16(10-13)21(22)23/h4-10,19H,1-3H3/b7-5+. The Morgan fingerprint density at radius 2 is 1.92 bits per heavy atom. The number of hydrogen-bond donors (Lipinski definition) is 1. The normalized spacial score (nSPS) is 11.3. The van der Waals surface area contributed by atoms with Crippen LogP contribution in [0.1, 0.15) is 21.7 Å². The van der Waals surface area contributed by atoms with Crippen molar-refractivity contribution >= 4 is 45.1 Å². The van der Waals surface area contributed by atoms with Crippen LogP contribution in [0.15, 0.2) is 30.3 Å². The molecule has 0 aliphatic rings. The number of rotatable bonds is 4. The summed E-state index contributed by atoms with van der Waals surface area (Å²) in [7, 11) is 1.67. The van der Waals surface area contributed by atoms with Gasteiger partial charge in [0, 0.05) is 13.1 Å². The Labute approximate surface area is 143 Å². The van der Waals surface area contributed by atoms with Gasteiger partial charge in [-0.25, -0.2) is 4.98 Å². The number of thiazole rings is 1. The van der Waals surface area contributed by atoms with Crippen molar-refractivity contribution in [3.05, 3.63) is 62.1 Å². The van der Waals surface area contributed by atoms with Crippen molar-refractivity contribution in [3.8, 4) is 0 Å². The van der Waals surface area contributed by atoms with Crippen molar-refractivity contribution in [3.63, 3.8) is 0 Å². The molecule has 0 bridgehead atoms. The van der Waals surface area contributed by atoms with Crippen LogP contribution in [0.2, 0.25) is 0 Å². The molecule has 1 aromatic heterocycles. The Morgan fingerprint density at radius 3 is 2.62 bits per heavy atom. The molecule has 0 saturated heterocycles. The van der Waals surface area contributed by atoms with E-state index in [4.69, 9.17) is 0 Å². The van der Waals surface area contributed by atoms with Crippen LogP contribution in [0.5, 0.6) is 0 Å². The van der Waals surface area contributed by atoms with Gasteiger partial charge in [0.05, 0.1) is 15.1 Å². The highest BCUT2D eigenvalue weighted by Crippen LogP contribution is 2.28. The molecule has 5 nitrogen and oxygen atoms in total. The highest BCUT2D eigenvalue weighted by atomic mass is 32.1. The lowest BCUT2D eigenvalue weighted by molar-refractivity contribution is -0.383. The molecule has 0 aliphatic heterocycles. The summed E-state index contributed by atoms with van der Waals surface area (Å²) in [5.74, 6) is 0. The molecule has 0 unspecified atom stereocenters. The molecule has 3 aromatic rings. The van der Waals surface area contributed by atoms with Crippen LogP contribution < -0.4 is 5.32 Å². The van der Waals surface area contributed by atoms with Gasteiger partial charge in [-0.1, -0.05) is 12.1 Å². The monoisotopic (exact) mass is 339 g/mol. The van der Waals surface area contributed by atoms with E-state index in [2.05, 4.69) is 36.3 Å². The van der Waals surface area contributed by atoms with Crippen molar-refractivity contribution in [1.82, 2.24) is 4.98 Å². The minimum Gasteiger partial charge on any atom is -0.383 e. The summed E-state index contributed by atoms with van der Waals surface area (Å²) in [4.78, 5) is 15.3. The van der Waals surface area contributed by atoms with Crippen molar-refractivity contribution in [2.75, 3.05) is 12.4 Å². The van der Waals surface area contributed by atoms with Crippen LogP contribution in [-0.2, 0) is 0 Å². The summed E-state index contributed by atoms with van der Waals surface area (Å²) in [6, 6.07) is 9.35. The predicted molar refractivity (Wildman–Crippen MR) is 101 cm³/mol. The first-order valence-electron chi connectivity index (χ1n) is 7.50. The van der Waals surface area contributed by atoms with E-state index >= 15 is 0 Å². The number of aromatic nitrogens is 1. The summed E-state index contributed by atoms with van der Waals surface area (Å²) >= 11 is 1.61. The molecule has 2 aromatic carbocycles. The molecule has 122 valence electrons. The van der Waals surface area contributed by atoms with Crippen LogP contribution in [0.25, 0.3) is 22.4 Å². The number of fused-ring (bicyclic) bond motifs is 1. The van der Waals surface area contributed by atoms with Crippen LogP contribution in [-0.4, -0.2) is 17.0 Å². The maximum atomic E-state index is 11.1. The Balaban J connectivity index is 1.93. The van der Waals surface area contributed by atoms with Gasteiger partial charge >= 0.3 is 0 Å². The van der Waals surface area contributed by atoms with Gasteiger partial charge in [0.1, 0.15) is 10.7 Å². The van der Waals surface area contributed by atoms with Gasteiger partial charge in [0.15, 0.2) is 0 Å². The Bertz CT molecular complexity index is 921. The second-order valence-electron chi connectivity index (χ2n) is 5.57. The van der Waals surface area contributed by atoms with Gasteiger partial charge in [0.2, 0.25) is 0 Å². The van der Waals surface area contributed by atoms with Gasteiger partial charge in [-0.3, -0.25) is 10.1 Å². The third kappa shape index (κ3) is 3.14. The van der Waals surface area contributed by atoms with Crippen LogP contribution >= 0.6 is 11.3 Å². The molecule has 0 amide bonds. The van der Waals surface area contributed by atoms with E-state index in [1.165, 1.54) is 11.1 Å². The molecule has 6 heteroatoms. The Kier molecular flexibility index (Phi) is 4.31. The molecule has 24 heavy (non-hydrogen) atoms. The lowest BCUT2D eigenvalue weighted by atomic mass is 10.1. The lowest BCUT2D eigenvalue weighted by Gasteiger charge is -2.02. The highest BCUT2D eigenvalue weighted by Gasteiger charge is 2.12. The van der Waals surface area contributed by atoms with E-state index in [9.17, 15) is 10.1 Å². The topological polar surface area (TPSA) is 68.1 Å². The molecule has 0 saturated carbocycles. The molecule has 1 N–H and O–H groups in total. The van der Waals surface area contributed by atoms with Gasteiger partial charge in [-0.15, -0.1) is 11.3 Å². The van der Waals surface area contributed by atoms with Gasteiger partial charge in [-0.2, -0.15) is 0 Å². The molecule has 0 radical (unpaired) electrons. The SMILES string of the molecule is CNc1ccc(/C=C/c2nc3cc(C)c(C)cc3s2)cc1[N+](=O)[O-]. The second-order valence-corrected chi connectivity index (χ2v) is 6.64. The highest BCUT2D eigenvalue weighted by molar-refractivity contribution is 7.19. The smallest absolute Gasteiger partial charge is 0.292 e. The fourth-order valence-corrected chi connectivity index (χ4v) is 3.40. The van der Waals surface area contributed by atoms with Crippen molar-refractivity contribution in [1.29, 1.82) is 0 Å². The first kappa shape index (κ1) is 16.1. The zero-order valence-electron chi connectivity index (χ0n) is 13.7. The van der Waals surface area contributed by atoms with Crippen molar-refractivity contribution in [2.45, 2.75) is 13.8 Å². The fraction of sp³-hybridized carbons (Fsp3) is 0.167. The molecule has 1 heterocycles. The number of nitro benzene ring substituents is 1. The number of anilines is 1. The summed E-state index contributed by atoms with van der Waals surface area (Å²) in [6.45, 7) is 4.17. The number of nitrogens with one attached hydrogen (secondary N) is 1. The third-order valence-electron chi connectivity index (χ3n) is 3.93. The zero-order valence-corrected chi connectivity index (χ0v) is 14.5. The number of benzene rings is 2. The van der Waals surface area contributed by atoms with E-state index in [0.29, 0.717) is 5.69 Å². The van der Waals surface area contributed by atoms with Gasteiger partial charge in [-0.05, 0) is 54.8 Å². The average Bonchev–Trinajstić information content (AvgIpc) is 2.94. The number of aryl methyl sites for hydroxylation is 2. The molecule has 0 spiro atoms. The number of nitrogens with zero attached hydrogens (tertiary/aromatic N) is 2. The predicted octanol–water partition coefficient (Wildman–Crippen LogP) is 5.03. The Morgan fingerprint density at radius 1 is 1.17 bits per heavy atom. The summed E-state index contributed by atoms with van der Waals surface area (Å²) < 4.78 is 1.15. The lowest BCUT2D eigenvalue weighted by Crippen LogP contribution is -1.96. The minimum absolute atomic E-state index is 0.0650. The van der Waals surface area contributed by atoms with Gasteiger partial charge < -0.3 is 5.32 Å². The first-order valence-corrected chi connectivity index (χ1v) is 8.31. The maximum absolute atomic E-state index is 11.1. The minimum atomic E-state index is -0.383. The molecular formula is C18H17N3O2S. The molecule has 3 rings (SSSR count). The molecule has 0 aliphatic carbocycles. The van der Waals surface area contributed by atoms with Gasteiger partial charge in [0.25, 0.3) is 5.69 Å². The average molecular weight is 339 g/mol. The Hall–Kier alpha value is -2.73. The largest absolute Gasteiger partial charge is 0.383 e. The summed E-state index contributed by atoms with van der Waals surface area (Å²) in [5, 5.41) is 14.8. The third-order valence-corrected chi connectivity index (χ3v) is 4.91. The second kappa shape index (κ2) is 6.41. The van der Waals surface area contributed by atoms with E-state index < -0.39 is 0 Å². The maximum Gasteiger partial charge on any atom is 0.292 e. The quantitative estimate of drug-likeness (QED) is 0.534. The molecule has 0 atom stereocenters. The fourth-order valence-electron chi connectivity index (χ4n) is 2.45. The van der Waals surface area contributed by atoms with E-state index in [-0.39, 0.29) is 10.6 Å². The van der Waals surface area contributed by atoms with E-state index in [1.54, 1.807) is 30.5 Å². The number of nitro groups is 1.